The summed E-state index contributed by atoms with van der Waals surface area (Å²) in [5.41, 5.74) is 1.07. The monoisotopic (exact) mass is 353 g/mol. The highest BCUT2D eigenvalue weighted by molar-refractivity contribution is 7.99. The number of nitrogens with zero attached hydrogens (tertiary/aromatic N) is 2. The van der Waals surface area contributed by atoms with Gasteiger partial charge in [0.2, 0.25) is 0 Å². The Balaban J connectivity index is 2.00. The van der Waals surface area contributed by atoms with E-state index in [4.69, 9.17) is 20.0 Å². The smallest absolute Gasteiger partial charge is 0.262 e. The van der Waals surface area contributed by atoms with Gasteiger partial charge in [-0.2, -0.15) is 10.5 Å². The highest BCUT2D eigenvalue weighted by atomic mass is 32.2. The number of rotatable bonds is 7. The van der Waals surface area contributed by atoms with Gasteiger partial charge in [0.15, 0.2) is 18.1 Å². The number of nitriles is 2. The zero-order chi connectivity index (χ0) is 18.1. The second-order valence-corrected chi connectivity index (χ2v) is 5.77. The van der Waals surface area contributed by atoms with E-state index >= 15 is 0 Å². The highest BCUT2D eigenvalue weighted by Crippen LogP contribution is 2.28. The van der Waals surface area contributed by atoms with Crippen molar-refractivity contribution in [1.29, 1.82) is 10.5 Å². The summed E-state index contributed by atoms with van der Waals surface area (Å²) in [7, 11) is 1.46. The van der Waals surface area contributed by atoms with Crippen LogP contribution in [0.4, 0.5) is 5.69 Å². The van der Waals surface area contributed by atoms with E-state index in [0.29, 0.717) is 28.5 Å². The van der Waals surface area contributed by atoms with Crippen LogP contribution in [0.3, 0.4) is 0 Å². The molecule has 0 unspecified atom stereocenters. The van der Waals surface area contributed by atoms with Gasteiger partial charge in [-0.15, -0.1) is 11.8 Å². The van der Waals surface area contributed by atoms with E-state index in [1.54, 1.807) is 30.3 Å². The number of carbonyl (C=O) groups is 1. The van der Waals surface area contributed by atoms with Crippen LogP contribution in [0, 0.1) is 22.7 Å². The van der Waals surface area contributed by atoms with E-state index in [-0.39, 0.29) is 12.5 Å². The number of nitrogens with one attached hydrogen (secondary N) is 1. The van der Waals surface area contributed by atoms with E-state index in [9.17, 15) is 4.79 Å². The number of carbonyl (C=O) groups excluding carboxylic acids is 1. The number of ether oxygens (including phenoxy) is 2. The summed E-state index contributed by atoms with van der Waals surface area (Å²) >= 11 is 1.35. The number of amides is 1. The fraction of sp³-hybridized carbons (Fsp3) is 0.167. The predicted octanol–water partition coefficient (Wildman–Crippen LogP) is 3.20. The van der Waals surface area contributed by atoms with Crippen LogP contribution in [0.2, 0.25) is 0 Å². The Hall–Kier alpha value is -3.16. The summed E-state index contributed by atoms with van der Waals surface area (Å²) in [6.07, 6.45) is 0. The minimum absolute atomic E-state index is 0.209. The Bertz CT molecular complexity index is 840. The van der Waals surface area contributed by atoms with E-state index in [1.165, 1.54) is 18.9 Å². The normalized spacial score (nSPS) is 9.56. The van der Waals surface area contributed by atoms with E-state index in [1.807, 2.05) is 18.2 Å². The minimum atomic E-state index is -0.337. The van der Waals surface area contributed by atoms with Gasteiger partial charge in [0.25, 0.3) is 5.91 Å². The molecular formula is C18H15N3O3S. The molecule has 0 atom stereocenters. The van der Waals surface area contributed by atoms with Crippen molar-refractivity contribution >= 4 is 23.4 Å². The summed E-state index contributed by atoms with van der Waals surface area (Å²) in [6, 6.07) is 16.0. The number of hydrogen-bond donors (Lipinski definition) is 1. The Kier molecular flexibility index (Phi) is 6.70. The number of thioether (sulfide) groups is 1. The van der Waals surface area contributed by atoms with Crippen LogP contribution in [0.15, 0.2) is 47.4 Å². The van der Waals surface area contributed by atoms with Crippen LogP contribution in [0.25, 0.3) is 0 Å². The zero-order valence-corrected chi connectivity index (χ0v) is 14.3. The molecule has 1 amide bonds. The molecule has 0 saturated carbocycles. The first kappa shape index (κ1) is 18.2. The fourth-order valence-corrected chi connectivity index (χ4v) is 2.66. The molecule has 1 N–H and O–H groups in total. The molecule has 0 heterocycles. The van der Waals surface area contributed by atoms with Gasteiger partial charge >= 0.3 is 0 Å². The summed E-state index contributed by atoms with van der Waals surface area (Å²) in [5.74, 6) is 0.725. The van der Waals surface area contributed by atoms with Gasteiger partial charge in [-0.1, -0.05) is 12.1 Å². The first-order chi connectivity index (χ1) is 12.2. The maximum Gasteiger partial charge on any atom is 0.262 e. The van der Waals surface area contributed by atoms with Gasteiger partial charge in [-0.25, -0.2) is 0 Å². The molecule has 25 heavy (non-hydrogen) atoms. The SMILES string of the molecule is COc1cc(C#N)ccc1OCC(=O)Nc1ccccc1SCC#N. The van der Waals surface area contributed by atoms with Crippen molar-refractivity contribution in [2.24, 2.45) is 0 Å². The molecule has 0 bridgehead atoms. The van der Waals surface area contributed by atoms with Gasteiger partial charge in [-0.3, -0.25) is 4.79 Å². The van der Waals surface area contributed by atoms with E-state index in [0.717, 1.165) is 4.90 Å². The van der Waals surface area contributed by atoms with Crippen LogP contribution in [-0.4, -0.2) is 25.4 Å². The van der Waals surface area contributed by atoms with Gasteiger partial charge in [-0.05, 0) is 24.3 Å². The lowest BCUT2D eigenvalue weighted by Gasteiger charge is -2.12. The molecule has 0 fully saturated rings. The molecule has 2 aromatic carbocycles. The standard InChI is InChI=1S/C18H15N3O3S/c1-23-16-10-13(11-20)6-7-15(16)24-12-18(22)21-14-4-2-3-5-17(14)25-9-8-19/h2-7,10H,9,12H2,1H3,(H,21,22). The molecule has 126 valence electrons. The minimum Gasteiger partial charge on any atom is -0.493 e. The van der Waals surface area contributed by atoms with Crippen LogP contribution in [0.5, 0.6) is 11.5 Å². The average Bonchev–Trinajstić information content (AvgIpc) is 2.65. The Morgan fingerprint density at radius 2 is 2.00 bits per heavy atom. The molecule has 2 aromatic rings. The third-order valence-electron chi connectivity index (χ3n) is 3.10. The lowest BCUT2D eigenvalue weighted by molar-refractivity contribution is -0.118. The number of anilines is 1. The summed E-state index contributed by atoms with van der Waals surface area (Å²) in [5, 5.41) is 20.3. The maximum absolute atomic E-state index is 12.1. The highest BCUT2D eigenvalue weighted by Gasteiger charge is 2.10. The van der Waals surface area contributed by atoms with Gasteiger partial charge in [0, 0.05) is 11.0 Å². The Morgan fingerprint density at radius 1 is 1.20 bits per heavy atom. The van der Waals surface area contributed by atoms with Gasteiger partial charge in [0.05, 0.1) is 36.3 Å². The summed E-state index contributed by atoms with van der Waals surface area (Å²) in [4.78, 5) is 12.9. The van der Waals surface area contributed by atoms with Crippen molar-refractivity contribution in [3.8, 4) is 23.6 Å². The van der Waals surface area contributed by atoms with Crippen LogP contribution < -0.4 is 14.8 Å². The van der Waals surface area contributed by atoms with Crippen molar-refractivity contribution in [3.05, 3.63) is 48.0 Å². The van der Waals surface area contributed by atoms with Gasteiger partial charge < -0.3 is 14.8 Å². The van der Waals surface area contributed by atoms with Crippen LogP contribution in [0.1, 0.15) is 5.56 Å². The van der Waals surface area contributed by atoms with Crippen molar-refractivity contribution in [2.45, 2.75) is 4.90 Å². The quantitative estimate of drug-likeness (QED) is 0.768. The topological polar surface area (TPSA) is 95.1 Å². The largest absolute Gasteiger partial charge is 0.493 e. The molecule has 0 aliphatic heterocycles. The maximum atomic E-state index is 12.1. The molecular weight excluding hydrogens is 338 g/mol. The lowest BCUT2D eigenvalue weighted by Crippen LogP contribution is -2.20. The molecule has 0 radical (unpaired) electrons. The molecule has 2 rings (SSSR count). The Labute approximate surface area is 150 Å². The third kappa shape index (κ3) is 5.17. The first-order valence-electron chi connectivity index (χ1n) is 7.27. The molecule has 6 nitrogen and oxygen atoms in total. The van der Waals surface area contributed by atoms with E-state index in [2.05, 4.69) is 11.4 Å². The molecule has 0 aromatic heterocycles. The average molecular weight is 353 g/mol. The summed E-state index contributed by atoms with van der Waals surface area (Å²) < 4.78 is 10.6. The molecule has 0 saturated heterocycles. The number of hydrogen-bond acceptors (Lipinski definition) is 6. The second kappa shape index (κ2) is 9.21. The second-order valence-electron chi connectivity index (χ2n) is 4.76. The van der Waals surface area contributed by atoms with Crippen molar-refractivity contribution in [3.63, 3.8) is 0 Å². The molecule has 0 aliphatic carbocycles. The number of methoxy groups -OCH3 is 1. The fourth-order valence-electron chi connectivity index (χ4n) is 1.99. The Morgan fingerprint density at radius 3 is 2.72 bits per heavy atom. The predicted molar refractivity (Wildman–Crippen MR) is 94.6 cm³/mol. The van der Waals surface area contributed by atoms with Crippen molar-refractivity contribution in [2.75, 3.05) is 24.8 Å². The molecule has 0 aliphatic rings. The zero-order valence-electron chi connectivity index (χ0n) is 13.5. The van der Waals surface area contributed by atoms with Crippen LogP contribution >= 0.6 is 11.8 Å². The van der Waals surface area contributed by atoms with Crippen molar-refractivity contribution < 1.29 is 14.3 Å². The van der Waals surface area contributed by atoms with Crippen molar-refractivity contribution in [1.82, 2.24) is 0 Å². The van der Waals surface area contributed by atoms with E-state index < -0.39 is 0 Å². The number of benzene rings is 2. The molecule has 0 spiro atoms. The molecule has 7 heteroatoms. The van der Waals surface area contributed by atoms with Gasteiger partial charge in [0.1, 0.15) is 0 Å². The lowest BCUT2D eigenvalue weighted by atomic mass is 10.2. The third-order valence-corrected chi connectivity index (χ3v) is 4.05. The van der Waals surface area contributed by atoms with Crippen LogP contribution in [-0.2, 0) is 4.79 Å². The first-order valence-corrected chi connectivity index (χ1v) is 8.26. The summed E-state index contributed by atoms with van der Waals surface area (Å²) in [6.45, 7) is -0.209. The number of para-hydroxylation sites is 1.